The number of carboxylic acid groups (broad SMARTS) is 1. The number of aromatic nitrogens is 1. The molecule has 0 atom stereocenters. The summed E-state index contributed by atoms with van der Waals surface area (Å²) >= 11 is 0. The van der Waals surface area contributed by atoms with E-state index in [4.69, 9.17) is 9.52 Å². The maximum Gasteiger partial charge on any atom is 0.339 e. The van der Waals surface area contributed by atoms with Crippen LogP contribution in [0.3, 0.4) is 0 Å². The predicted octanol–water partition coefficient (Wildman–Crippen LogP) is 2.15. The van der Waals surface area contributed by atoms with Gasteiger partial charge in [0.2, 0.25) is 0 Å². The number of hydrogen-bond donors (Lipinski definition) is 1. The van der Waals surface area contributed by atoms with Crippen LogP contribution in [0.5, 0.6) is 0 Å². The van der Waals surface area contributed by atoms with Crippen LogP contribution in [0.25, 0.3) is 0 Å². The molecular weight excluding hydrogens is 239 g/mol. The second-order valence-electron chi connectivity index (χ2n) is 3.82. The number of carboxylic acids is 1. The molecule has 18 heavy (non-hydrogen) atoms. The lowest BCUT2D eigenvalue weighted by Gasteiger charge is -2.18. The number of nitrogens with zero attached hydrogens (tertiary/aromatic N) is 2. The van der Waals surface area contributed by atoms with E-state index in [1.807, 2.05) is 0 Å². The second-order valence-corrected chi connectivity index (χ2v) is 3.82. The Morgan fingerprint density at radius 2 is 2.39 bits per heavy atom. The van der Waals surface area contributed by atoms with Crippen LogP contribution in [0.2, 0.25) is 0 Å². The summed E-state index contributed by atoms with van der Waals surface area (Å²) in [5.41, 5.74) is 0.709. The zero-order valence-corrected chi connectivity index (χ0v) is 9.63. The predicted molar refractivity (Wildman–Crippen MR) is 62.0 cm³/mol. The van der Waals surface area contributed by atoms with Crippen LogP contribution >= 0.6 is 0 Å². The van der Waals surface area contributed by atoms with Gasteiger partial charge in [0.1, 0.15) is 17.2 Å². The van der Waals surface area contributed by atoms with E-state index in [0.717, 1.165) is 17.8 Å². The van der Waals surface area contributed by atoms with Gasteiger partial charge in [-0.15, -0.1) is 0 Å². The van der Waals surface area contributed by atoms with Crippen LogP contribution in [0, 0.1) is 5.82 Å². The molecule has 2 aromatic rings. The summed E-state index contributed by atoms with van der Waals surface area (Å²) in [6, 6.07) is 2.72. The van der Waals surface area contributed by atoms with Crippen LogP contribution in [0.4, 0.5) is 10.2 Å². The summed E-state index contributed by atoms with van der Waals surface area (Å²) in [5, 5.41) is 9.01. The van der Waals surface area contributed by atoms with Crippen LogP contribution in [0.1, 0.15) is 15.9 Å². The molecule has 2 rings (SSSR count). The van der Waals surface area contributed by atoms with Crippen molar-refractivity contribution in [1.82, 2.24) is 4.98 Å². The average Bonchev–Trinajstić information content (AvgIpc) is 2.81. The van der Waals surface area contributed by atoms with Gasteiger partial charge in [0.05, 0.1) is 18.7 Å². The molecule has 0 aliphatic rings. The molecule has 0 unspecified atom stereocenters. The first kappa shape index (κ1) is 12.1. The summed E-state index contributed by atoms with van der Waals surface area (Å²) in [5.74, 6) is -1.67. The highest BCUT2D eigenvalue weighted by molar-refractivity contribution is 5.93. The molecule has 0 fully saturated rings. The standard InChI is InChI=1S/C12H11FN2O3/c1-15(6-8-2-3-18-7-8)11-10(12(16)17)4-9(13)5-14-11/h2-5,7H,6H2,1H3,(H,16,17). The van der Waals surface area contributed by atoms with Gasteiger partial charge in [0.15, 0.2) is 0 Å². The van der Waals surface area contributed by atoms with Crippen molar-refractivity contribution in [2.75, 3.05) is 11.9 Å². The van der Waals surface area contributed by atoms with Crippen LogP contribution < -0.4 is 4.90 Å². The van der Waals surface area contributed by atoms with Gasteiger partial charge in [-0.3, -0.25) is 0 Å². The Kier molecular flexibility index (Phi) is 3.27. The van der Waals surface area contributed by atoms with Crippen molar-refractivity contribution in [2.24, 2.45) is 0 Å². The van der Waals surface area contributed by atoms with Gasteiger partial charge in [-0.1, -0.05) is 0 Å². The SMILES string of the molecule is CN(Cc1ccoc1)c1ncc(F)cc1C(=O)O. The number of aromatic carboxylic acids is 1. The van der Waals surface area contributed by atoms with Crippen molar-refractivity contribution < 1.29 is 18.7 Å². The van der Waals surface area contributed by atoms with Gasteiger partial charge in [-0.25, -0.2) is 14.2 Å². The molecule has 0 amide bonds. The summed E-state index contributed by atoms with van der Waals surface area (Å²) in [6.45, 7) is 0.426. The third kappa shape index (κ3) is 2.48. The molecule has 0 aromatic carbocycles. The molecule has 0 aliphatic carbocycles. The maximum absolute atomic E-state index is 13.0. The summed E-state index contributed by atoms with van der Waals surface area (Å²) < 4.78 is 17.9. The quantitative estimate of drug-likeness (QED) is 0.900. The minimum Gasteiger partial charge on any atom is -0.478 e. The minimum absolute atomic E-state index is 0.166. The Morgan fingerprint density at radius 3 is 3.00 bits per heavy atom. The monoisotopic (exact) mass is 250 g/mol. The first-order chi connectivity index (χ1) is 8.58. The number of pyridine rings is 1. The van der Waals surface area contributed by atoms with E-state index in [1.165, 1.54) is 6.26 Å². The first-order valence-electron chi connectivity index (χ1n) is 5.19. The molecule has 0 spiro atoms. The molecular formula is C12H11FN2O3. The highest BCUT2D eigenvalue weighted by atomic mass is 19.1. The first-order valence-corrected chi connectivity index (χ1v) is 5.19. The van der Waals surface area contributed by atoms with Crippen LogP contribution in [-0.4, -0.2) is 23.1 Å². The molecule has 0 radical (unpaired) electrons. The van der Waals surface area contributed by atoms with Crippen molar-refractivity contribution in [3.8, 4) is 0 Å². The Bertz CT molecular complexity index is 554. The third-order valence-corrected chi connectivity index (χ3v) is 2.43. The van der Waals surface area contributed by atoms with Crippen LogP contribution in [-0.2, 0) is 6.54 Å². The molecule has 5 nitrogen and oxygen atoms in total. The zero-order valence-electron chi connectivity index (χ0n) is 9.63. The van der Waals surface area contributed by atoms with E-state index in [-0.39, 0.29) is 11.4 Å². The smallest absolute Gasteiger partial charge is 0.339 e. The third-order valence-electron chi connectivity index (χ3n) is 2.43. The molecule has 0 saturated carbocycles. The van der Waals surface area contributed by atoms with E-state index in [0.29, 0.717) is 6.54 Å². The lowest BCUT2D eigenvalue weighted by atomic mass is 10.2. The zero-order chi connectivity index (χ0) is 13.1. The van der Waals surface area contributed by atoms with E-state index < -0.39 is 11.8 Å². The fraction of sp³-hybridized carbons (Fsp3) is 0.167. The molecule has 2 aromatic heterocycles. The summed E-state index contributed by atoms with van der Waals surface area (Å²) in [6.07, 6.45) is 4.08. The average molecular weight is 250 g/mol. The normalized spacial score (nSPS) is 10.3. The van der Waals surface area contributed by atoms with Gasteiger partial charge in [0.25, 0.3) is 0 Å². The molecule has 1 N–H and O–H groups in total. The number of rotatable bonds is 4. The summed E-state index contributed by atoms with van der Waals surface area (Å²) in [7, 11) is 1.68. The van der Waals surface area contributed by atoms with Gasteiger partial charge in [-0.05, 0) is 12.1 Å². The fourth-order valence-corrected chi connectivity index (χ4v) is 1.62. The number of anilines is 1. The Hall–Kier alpha value is -2.37. The topological polar surface area (TPSA) is 66.6 Å². The highest BCUT2D eigenvalue weighted by Crippen LogP contribution is 2.19. The number of furan rings is 1. The fourth-order valence-electron chi connectivity index (χ4n) is 1.62. The van der Waals surface area contributed by atoms with Crippen molar-refractivity contribution in [1.29, 1.82) is 0 Å². The molecule has 6 heteroatoms. The Balaban J connectivity index is 2.29. The van der Waals surface area contributed by atoms with E-state index in [9.17, 15) is 9.18 Å². The lowest BCUT2D eigenvalue weighted by molar-refractivity contribution is 0.0696. The summed E-state index contributed by atoms with van der Waals surface area (Å²) in [4.78, 5) is 16.5. The van der Waals surface area contributed by atoms with E-state index in [1.54, 1.807) is 24.3 Å². The second kappa shape index (κ2) is 4.87. The van der Waals surface area contributed by atoms with Crippen molar-refractivity contribution in [3.63, 3.8) is 0 Å². The van der Waals surface area contributed by atoms with Crippen molar-refractivity contribution in [3.05, 3.63) is 47.8 Å². The van der Waals surface area contributed by atoms with Gasteiger partial charge >= 0.3 is 5.97 Å². The van der Waals surface area contributed by atoms with Gasteiger partial charge in [0, 0.05) is 19.2 Å². The van der Waals surface area contributed by atoms with Crippen molar-refractivity contribution >= 4 is 11.8 Å². The number of carbonyl (C=O) groups is 1. The number of hydrogen-bond acceptors (Lipinski definition) is 4. The van der Waals surface area contributed by atoms with Crippen LogP contribution in [0.15, 0.2) is 35.3 Å². The van der Waals surface area contributed by atoms with Gasteiger partial charge in [-0.2, -0.15) is 0 Å². The highest BCUT2D eigenvalue weighted by Gasteiger charge is 2.16. The van der Waals surface area contributed by atoms with Gasteiger partial charge < -0.3 is 14.4 Å². The van der Waals surface area contributed by atoms with E-state index >= 15 is 0 Å². The Labute approximate surface area is 102 Å². The van der Waals surface area contributed by atoms with Crippen molar-refractivity contribution in [2.45, 2.75) is 6.54 Å². The minimum atomic E-state index is -1.21. The van der Waals surface area contributed by atoms with E-state index in [2.05, 4.69) is 4.98 Å². The molecule has 0 saturated heterocycles. The number of halogens is 1. The maximum atomic E-state index is 13.0. The Morgan fingerprint density at radius 1 is 1.61 bits per heavy atom. The lowest BCUT2D eigenvalue weighted by Crippen LogP contribution is -2.20. The molecule has 0 aliphatic heterocycles. The largest absolute Gasteiger partial charge is 0.478 e. The molecule has 2 heterocycles. The molecule has 94 valence electrons. The molecule has 0 bridgehead atoms.